The molecular weight excluding hydrogens is 212 g/mol. The van der Waals surface area contributed by atoms with Gasteiger partial charge >= 0.3 is 11.9 Å². The lowest BCUT2D eigenvalue weighted by molar-refractivity contribution is -0.883. The van der Waals surface area contributed by atoms with E-state index in [0.29, 0.717) is 11.0 Å². The summed E-state index contributed by atoms with van der Waals surface area (Å²) in [6.45, 7) is 1.48. The third-order valence-corrected chi connectivity index (χ3v) is 2.27. The molecule has 0 saturated heterocycles. The smallest absolute Gasteiger partial charge is 0.359 e. The van der Waals surface area contributed by atoms with Crippen LogP contribution in [0.5, 0.6) is 0 Å². The molecule has 0 aromatic carbocycles. The van der Waals surface area contributed by atoms with Gasteiger partial charge in [0, 0.05) is 13.0 Å². The van der Waals surface area contributed by atoms with Gasteiger partial charge in [0.15, 0.2) is 6.54 Å². The van der Waals surface area contributed by atoms with E-state index in [-0.39, 0.29) is 13.1 Å². The molecule has 0 saturated carbocycles. The topological polar surface area (TPSA) is 77.8 Å². The number of likely N-dealkylation sites (N-methyl/N-ethyl adjacent to an activating group) is 2. The minimum absolute atomic E-state index is 0.0202. The van der Waals surface area contributed by atoms with Crippen LogP contribution in [0.25, 0.3) is 0 Å². The lowest BCUT2D eigenvalue weighted by atomic mass is 10.3. The van der Waals surface area contributed by atoms with Gasteiger partial charge in [-0.1, -0.05) is 0 Å². The third kappa shape index (κ3) is 8.19. The van der Waals surface area contributed by atoms with Gasteiger partial charge in [0.1, 0.15) is 0 Å². The van der Waals surface area contributed by atoms with Crippen molar-refractivity contribution in [2.75, 3.05) is 47.3 Å². The average molecular weight is 233 g/mol. The van der Waals surface area contributed by atoms with Crippen LogP contribution in [0.3, 0.4) is 0 Å². The Morgan fingerprint density at radius 3 is 2.19 bits per heavy atom. The quantitative estimate of drug-likeness (QED) is 0.555. The van der Waals surface area contributed by atoms with Crippen molar-refractivity contribution in [2.45, 2.75) is 6.42 Å². The molecule has 2 N–H and O–H groups in total. The van der Waals surface area contributed by atoms with Gasteiger partial charge in [-0.2, -0.15) is 0 Å². The molecule has 0 atom stereocenters. The summed E-state index contributed by atoms with van der Waals surface area (Å²) in [7, 11) is 5.45. The molecule has 0 aliphatic heterocycles. The van der Waals surface area contributed by atoms with Crippen molar-refractivity contribution in [3.8, 4) is 0 Å². The largest absolute Gasteiger partial charge is 0.480 e. The van der Waals surface area contributed by atoms with Gasteiger partial charge in [0.2, 0.25) is 0 Å². The van der Waals surface area contributed by atoms with E-state index >= 15 is 0 Å². The Kier molecular flexibility index (Phi) is 5.98. The van der Waals surface area contributed by atoms with Crippen molar-refractivity contribution in [1.82, 2.24) is 4.90 Å². The summed E-state index contributed by atoms with van der Waals surface area (Å²) in [6.07, 6.45) is 0.782. The highest BCUT2D eigenvalue weighted by Crippen LogP contribution is 2.00. The molecular formula is C10H21N2O4+. The summed E-state index contributed by atoms with van der Waals surface area (Å²) in [6, 6.07) is 0. The highest BCUT2D eigenvalue weighted by molar-refractivity contribution is 5.69. The Labute approximate surface area is 95.7 Å². The van der Waals surface area contributed by atoms with Crippen LogP contribution in [0.2, 0.25) is 0 Å². The second-order valence-electron chi connectivity index (χ2n) is 4.70. The number of aliphatic carboxylic acids is 2. The predicted molar refractivity (Wildman–Crippen MR) is 59.2 cm³/mol. The fourth-order valence-electron chi connectivity index (χ4n) is 1.52. The van der Waals surface area contributed by atoms with Crippen LogP contribution in [0.15, 0.2) is 0 Å². The number of carboxylic acids is 2. The second kappa shape index (κ2) is 6.44. The highest BCUT2D eigenvalue weighted by atomic mass is 16.4. The van der Waals surface area contributed by atoms with Crippen LogP contribution in [0.4, 0.5) is 0 Å². The maximum absolute atomic E-state index is 10.6. The summed E-state index contributed by atoms with van der Waals surface area (Å²) >= 11 is 0. The fraction of sp³-hybridized carbons (Fsp3) is 0.800. The van der Waals surface area contributed by atoms with Gasteiger partial charge in [-0.25, -0.2) is 4.79 Å². The van der Waals surface area contributed by atoms with E-state index in [2.05, 4.69) is 0 Å². The van der Waals surface area contributed by atoms with Crippen LogP contribution in [0.1, 0.15) is 6.42 Å². The van der Waals surface area contributed by atoms with E-state index in [4.69, 9.17) is 10.2 Å². The van der Waals surface area contributed by atoms with Gasteiger partial charge in [-0.05, 0) is 7.05 Å². The SMILES string of the molecule is CN(CCC[N+](C)(C)CC(=O)O)CC(=O)O. The first-order valence-corrected chi connectivity index (χ1v) is 5.17. The molecule has 0 unspecified atom stereocenters. The summed E-state index contributed by atoms with van der Waals surface area (Å²) in [4.78, 5) is 22.7. The molecule has 0 radical (unpaired) electrons. The maximum atomic E-state index is 10.6. The number of carboxylic acid groups (broad SMARTS) is 2. The number of nitrogens with zero attached hydrogens (tertiary/aromatic N) is 2. The van der Waals surface area contributed by atoms with E-state index in [9.17, 15) is 9.59 Å². The first-order valence-electron chi connectivity index (χ1n) is 5.17. The van der Waals surface area contributed by atoms with Gasteiger partial charge in [0.25, 0.3) is 0 Å². The lowest BCUT2D eigenvalue weighted by Crippen LogP contribution is -2.45. The first kappa shape index (κ1) is 14.9. The third-order valence-electron chi connectivity index (χ3n) is 2.27. The van der Waals surface area contributed by atoms with Crippen LogP contribution in [-0.4, -0.2) is 78.9 Å². The number of hydrogen-bond donors (Lipinski definition) is 2. The Morgan fingerprint density at radius 2 is 1.75 bits per heavy atom. The fourth-order valence-corrected chi connectivity index (χ4v) is 1.52. The molecule has 0 heterocycles. The molecule has 0 aliphatic rings. The van der Waals surface area contributed by atoms with E-state index in [1.165, 1.54) is 0 Å². The van der Waals surface area contributed by atoms with Gasteiger partial charge in [-0.15, -0.1) is 0 Å². The lowest BCUT2D eigenvalue weighted by Gasteiger charge is -2.28. The summed E-state index contributed by atoms with van der Waals surface area (Å²) < 4.78 is 0.413. The van der Waals surface area contributed by atoms with Crippen LogP contribution >= 0.6 is 0 Å². The summed E-state index contributed by atoms with van der Waals surface area (Å²) in [5, 5.41) is 17.2. The normalized spacial score (nSPS) is 11.8. The molecule has 0 aromatic rings. The standard InChI is InChI=1S/C10H20N2O4/c1-11(7-9(13)14)5-4-6-12(2,3)8-10(15)16/h4-8H2,1-3H3,(H-,13,14,15,16)/p+1. The van der Waals surface area contributed by atoms with Crippen LogP contribution in [-0.2, 0) is 9.59 Å². The number of rotatable bonds is 8. The van der Waals surface area contributed by atoms with Gasteiger partial charge in [0.05, 0.1) is 27.2 Å². The van der Waals surface area contributed by atoms with Crippen molar-refractivity contribution >= 4 is 11.9 Å². The highest BCUT2D eigenvalue weighted by Gasteiger charge is 2.19. The van der Waals surface area contributed by atoms with Crippen LogP contribution in [0, 0.1) is 0 Å². The van der Waals surface area contributed by atoms with E-state index in [0.717, 1.165) is 13.0 Å². The van der Waals surface area contributed by atoms with Crippen molar-refractivity contribution in [1.29, 1.82) is 0 Å². The minimum Gasteiger partial charge on any atom is -0.480 e. The molecule has 0 aliphatic carbocycles. The Hall–Kier alpha value is -1.14. The number of quaternary nitrogens is 1. The van der Waals surface area contributed by atoms with Crippen molar-refractivity contribution in [2.24, 2.45) is 0 Å². The molecule has 6 heteroatoms. The molecule has 94 valence electrons. The Morgan fingerprint density at radius 1 is 1.19 bits per heavy atom. The Balaban J connectivity index is 3.79. The monoisotopic (exact) mass is 233 g/mol. The predicted octanol–water partition coefficient (Wildman–Crippen LogP) is -0.446. The van der Waals surface area contributed by atoms with E-state index in [1.807, 2.05) is 14.1 Å². The molecule has 0 aromatic heterocycles. The van der Waals surface area contributed by atoms with Gasteiger partial charge in [-0.3, -0.25) is 9.69 Å². The van der Waals surface area contributed by atoms with E-state index in [1.54, 1.807) is 11.9 Å². The molecule has 0 spiro atoms. The van der Waals surface area contributed by atoms with Crippen molar-refractivity contribution < 1.29 is 24.3 Å². The number of hydrogen-bond acceptors (Lipinski definition) is 3. The maximum Gasteiger partial charge on any atom is 0.359 e. The molecule has 0 bridgehead atoms. The zero-order chi connectivity index (χ0) is 12.8. The number of carbonyl (C=O) groups is 2. The van der Waals surface area contributed by atoms with Crippen molar-refractivity contribution in [3.63, 3.8) is 0 Å². The van der Waals surface area contributed by atoms with E-state index < -0.39 is 11.9 Å². The molecule has 0 rings (SSSR count). The zero-order valence-corrected chi connectivity index (χ0v) is 10.1. The van der Waals surface area contributed by atoms with Crippen LogP contribution < -0.4 is 0 Å². The second-order valence-corrected chi connectivity index (χ2v) is 4.70. The Bertz CT molecular complexity index is 253. The molecule has 0 amide bonds. The molecule has 6 nitrogen and oxygen atoms in total. The molecule has 16 heavy (non-hydrogen) atoms. The van der Waals surface area contributed by atoms with Gasteiger partial charge < -0.3 is 14.7 Å². The first-order chi connectivity index (χ1) is 7.23. The zero-order valence-electron chi connectivity index (χ0n) is 10.1. The molecule has 0 fully saturated rings. The van der Waals surface area contributed by atoms with Crippen molar-refractivity contribution in [3.05, 3.63) is 0 Å². The minimum atomic E-state index is -0.846. The summed E-state index contributed by atoms with van der Waals surface area (Å²) in [5.74, 6) is -1.66. The average Bonchev–Trinajstić information content (AvgIpc) is 1.98. The summed E-state index contributed by atoms with van der Waals surface area (Å²) in [5.41, 5.74) is 0.